The molecule has 0 saturated heterocycles. The number of ether oxygens (including phenoxy) is 2. The normalized spacial score (nSPS) is 9.77. The highest BCUT2D eigenvalue weighted by Gasteiger charge is 2.02. The average molecular weight is 180 g/mol. The fourth-order valence-electron chi connectivity index (χ4n) is 1.26. The topological polar surface area (TPSA) is 18.5 Å². The fourth-order valence-corrected chi connectivity index (χ4v) is 1.26. The van der Waals surface area contributed by atoms with E-state index in [1.54, 1.807) is 7.11 Å². The maximum atomic E-state index is 5.47. The van der Waals surface area contributed by atoms with Crippen LogP contribution in [0.4, 0.5) is 0 Å². The van der Waals surface area contributed by atoms with Crippen molar-refractivity contribution in [2.75, 3.05) is 13.7 Å². The lowest BCUT2D eigenvalue weighted by Crippen LogP contribution is -1.96. The van der Waals surface area contributed by atoms with Gasteiger partial charge in [-0.1, -0.05) is 6.92 Å². The van der Waals surface area contributed by atoms with E-state index >= 15 is 0 Å². The van der Waals surface area contributed by atoms with E-state index in [0.29, 0.717) is 6.61 Å². The third kappa shape index (κ3) is 2.38. The molecule has 13 heavy (non-hydrogen) atoms. The van der Waals surface area contributed by atoms with Crippen molar-refractivity contribution < 1.29 is 9.47 Å². The summed E-state index contributed by atoms with van der Waals surface area (Å²) in [6.45, 7) is 4.81. The first kappa shape index (κ1) is 9.90. The van der Waals surface area contributed by atoms with Crippen LogP contribution < -0.4 is 9.47 Å². The van der Waals surface area contributed by atoms with Crippen LogP contribution in [0.1, 0.15) is 19.4 Å². The van der Waals surface area contributed by atoms with Crippen molar-refractivity contribution in [2.45, 2.75) is 20.3 Å². The molecule has 0 aliphatic rings. The van der Waals surface area contributed by atoms with E-state index in [0.717, 1.165) is 17.9 Å². The van der Waals surface area contributed by atoms with Crippen molar-refractivity contribution in [1.29, 1.82) is 0 Å². The van der Waals surface area contributed by atoms with E-state index in [-0.39, 0.29) is 0 Å². The number of aryl methyl sites for hydroxylation is 1. The minimum atomic E-state index is 0.708. The molecule has 0 N–H and O–H groups in total. The molecule has 0 fully saturated rings. The van der Waals surface area contributed by atoms with Gasteiger partial charge in [-0.3, -0.25) is 0 Å². The lowest BCUT2D eigenvalue weighted by Gasteiger charge is -2.09. The van der Waals surface area contributed by atoms with E-state index in [9.17, 15) is 0 Å². The van der Waals surface area contributed by atoms with Gasteiger partial charge in [0.15, 0.2) is 0 Å². The van der Waals surface area contributed by atoms with Gasteiger partial charge in [0.05, 0.1) is 13.7 Å². The monoisotopic (exact) mass is 180 g/mol. The second kappa shape index (κ2) is 4.75. The van der Waals surface area contributed by atoms with Crippen LogP contribution in [0.25, 0.3) is 0 Å². The zero-order valence-corrected chi connectivity index (χ0v) is 8.46. The first-order valence-electron chi connectivity index (χ1n) is 4.61. The second-order valence-corrected chi connectivity index (χ2v) is 2.76. The molecule has 0 saturated carbocycles. The van der Waals surface area contributed by atoms with Crippen LogP contribution in [0, 0.1) is 0 Å². The van der Waals surface area contributed by atoms with Crippen molar-refractivity contribution in [1.82, 2.24) is 0 Å². The van der Waals surface area contributed by atoms with Crippen LogP contribution in [0.2, 0.25) is 0 Å². The predicted octanol–water partition coefficient (Wildman–Crippen LogP) is 2.66. The quantitative estimate of drug-likeness (QED) is 0.709. The Morgan fingerprint density at radius 2 is 2.00 bits per heavy atom. The molecule has 0 aromatic heterocycles. The molecule has 0 heterocycles. The van der Waals surface area contributed by atoms with E-state index in [1.165, 1.54) is 5.56 Å². The van der Waals surface area contributed by atoms with Gasteiger partial charge in [-0.05, 0) is 37.1 Å². The van der Waals surface area contributed by atoms with Crippen molar-refractivity contribution in [3.05, 3.63) is 23.8 Å². The van der Waals surface area contributed by atoms with Crippen LogP contribution in [-0.4, -0.2) is 13.7 Å². The Hall–Kier alpha value is -1.18. The molecule has 1 rings (SSSR count). The Morgan fingerprint density at radius 3 is 2.54 bits per heavy atom. The summed E-state index contributed by atoms with van der Waals surface area (Å²) in [4.78, 5) is 0. The van der Waals surface area contributed by atoms with Gasteiger partial charge in [-0.2, -0.15) is 0 Å². The van der Waals surface area contributed by atoms with E-state index in [2.05, 4.69) is 6.92 Å². The summed E-state index contributed by atoms with van der Waals surface area (Å²) in [6, 6.07) is 5.90. The lowest BCUT2D eigenvalue weighted by molar-refractivity contribution is 0.335. The number of methoxy groups -OCH3 is 1. The Bertz CT molecular complexity index is 269. The summed E-state index contributed by atoms with van der Waals surface area (Å²) in [6.07, 6.45) is 0.965. The average Bonchev–Trinajstić information content (AvgIpc) is 2.19. The SMILES string of the molecule is CCOc1ccc(OC)cc1CC. The molecule has 2 heteroatoms. The number of hydrogen-bond donors (Lipinski definition) is 0. The first-order chi connectivity index (χ1) is 6.31. The highest BCUT2D eigenvalue weighted by Crippen LogP contribution is 2.24. The Kier molecular flexibility index (Phi) is 3.62. The molecule has 0 radical (unpaired) electrons. The maximum Gasteiger partial charge on any atom is 0.122 e. The van der Waals surface area contributed by atoms with Crippen LogP contribution in [0.15, 0.2) is 18.2 Å². The van der Waals surface area contributed by atoms with Crippen LogP contribution >= 0.6 is 0 Å². The van der Waals surface area contributed by atoms with Gasteiger partial charge < -0.3 is 9.47 Å². The zero-order valence-electron chi connectivity index (χ0n) is 8.46. The summed E-state index contributed by atoms with van der Waals surface area (Å²) < 4.78 is 10.6. The molecule has 0 aliphatic heterocycles. The largest absolute Gasteiger partial charge is 0.497 e. The molecule has 0 aliphatic carbocycles. The molecule has 72 valence electrons. The predicted molar refractivity (Wildman–Crippen MR) is 53.5 cm³/mol. The van der Waals surface area contributed by atoms with Gasteiger partial charge in [-0.25, -0.2) is 0 Å². The molecule has 0 amide bonds. The van der Waals surface area contributed by atoms with E-state index < -0.39 is 0 Å². The van der Waals surface area contributed by atoms with Gasteiger partial charge in [-0.15, -0.1) is 0 Å². The molecule has 0 bridgehead atoms. The van der Waals surface area contributed by atoms with Crippen LogP contribution in [0.3, 0.4) is 0 Å². The van der Waals surface area contributed by atoms with Gasteiger partial charge >= 0.3 is 0 Å². The number of hydrogen-bond acceptors (Lipinski definition) is 2. The highest BCUT2D eigenvalue weighted by molar-refractivity contribution is 5.40. The Morgan fingerprint density at radius 1 is 1.23 bits per heavy atom. The third-order valence-corrected chi connectivity index (χ3v) is 1.95. The minimum absolute atomic E-state index is 0.708. The van der Waals surface area contributed by atoms with E-state index in [1.807, 2.05) is 25.1 Å². The van der Waals surface area contributed by atoms with Crippen molar-refractivity contribution in [3.63, 3.8) is 0 Å². The highest BCUT2D eigenvalue weighted by atomic mass is 16.5. The second-order valence-electron chi connectivity index (χ2n) is 2.76. The van der Waals surface area contributed by atoms with Gasteiger partial charge in [0, 0.05) is 0 Å². The molecule has 0 spiro atoms. The molecular formula is C11H16O2. The summed E-state index contributed by atoms with van der Waals surface area (Å²) in [5.74, 6) is 1.85. The zero-order chi connectivity index (χ0) is 9.68. The molecule has 0 atom stereocenters. The van der Waals surface area contributed by atoms with E-state index in [4.69, 9.17) is 9.47 Å². The van der Waals surface area contributed by atoms with Crippen molar-refractivity contribution in [2.24, 2.45) is 0 Å². The summed E-state index contributed by atoms with van der Waals surface area (Å²) in [7, 11) is 1.68. The summed E-state index contributed by atoms with van der Waals surface area (Å²) in [5.41, 5.74) is 1.20. The third-order valence-electron chi connectivity index (χ3n) is 1.95. The van der Waals surface area contributed by atoms with Gasteiger partial charge in [0.2, 0.25) is 0 Å². The standard InChI is InChI=1S/C11H16O2/c1-4-9-8-10(12-3)6-7-11(9)13-5-2/h6-8H,4-5H2,1-3H3. The fraction of sp³-hybridized carbons (Fsp3) is 0.455. The first-order valence-corrected chi connectivity index (χ1v) is 4.61. The Balaban J connectivity index is 2.93. The maximum absolute atomic E-state index is 5.47. The van der Waals surface area contributed by atoms with Gasteiger partial charge in [0.25, 0.3) is 0 Å². The summed E-state index contributed by atoms with van der Waals surface area (Å²) in [5, 5.41) is 0. The molecule has 0 unspecified atom stereocenters. The van der Waals surface area contributed by atoms with Crippen molar-refractivity contribution in [3.8, 4) is 11.5 Å². The lowest BCUT2D eigenvalue weighted by atomic mass is 10.1. The number of rotatable bonds is 4. The number of benzene rings is 1. The van der Waals surface area contributed by atoms with Crippen LogP contribution in [0.5, 0.6) is 11.5 Å². The van der Waals surface area contributed by atoms with Gasteiger partial charge in [0.1, 0.15) is 11.5 Å². The minimum Gasteiger partial charge on any atom is -0.497 e. The molecule has 1 aromatic rings. The summed E-state index contributed by atoms with van der Waals surface area (Å²) >= 11 is 0. The van der Waals surface area contributed by atoms with Crippen molar-refractivity contribution >= 4 is 0 Å². The van der Waals surface area contributed by atoms with Crippen LogP contribution in [-0.2, 0) is 6.42 Å². The molecule has 2 nitrogen and oxygen atoms in total. The Labute approximate surface area is 79.5 Å². The molecular weight excluding hydrogens is 164 g/mol. The smallest absolute Gasteiger partial charge is 0.122 e. The molecule has 1 aromatic carbocycles.